The van der Waals surface area contributed by atoms with Gasteiger partial charge in [0.2, 0.25) is 5.95 Å². The predicted molar refractivity (Wildman–Crippen MR) is 142 cm³/mol. The van der Waals surface area contributed by atoms with Crippen molar-refractivity contribution in [2.75, 3.05) is 12.4 Å². The Morgan fingerprint density at radius 2 is 1.94 bits per heavy atom. The molecule has 0 bridgehead atoms. The summed E-state index contributed by atoms with van der Waals surface area (Å²) in [6, 6.07) is 17.3. The molecule has 35 heavy (non-hydrogen) atoms. The molecule has 0 saturated heterocycles. The first kappa shape index (κ1) is 22.5. The molecule has 5 heteroatoms. The maximum atomic E-state index is 5.60. The molecule has 1 aliphatic carbocycles. The highest BCUT2D eigenvalue weighted by molar-refractivity contribution is 5.85. The van der Waals surface area contributed by atoms with Gasteiger partial charge in [0.15, 0.2) is 0 Å². The molecule has 0 saturated carbocycles. The summed E-state index contributed by atoms with van der Waals surface area (Å²) in [4.78, 5) is 9.23. The third kappa shape index (κ3) is 4.10. The average molecular weight is 461 g/mol. The van der Waals surface area contributed by atoms with Gasteiger partial charge in [0.05, 0.1) is 11.3 Å². The summed E-state index contributed by atoms with van der Waals surface area (Å²) in [6.07, 6.45) is 10.6. The predicted octanol–water partition coefficient (Wildman–Crippen LogP) is 6.98. The number of nitrogens with zero attached hydrogens (tertiary/aromatic N) is 3. The largest absolute Gasteiger partial charge is 0.360 e. The number of aryl methyl sites for hydroxylation is 1. The van der Waals surface area contributed by atoms with E-state index in [4.69, 9.17) is 9.51 Å². The van der Waals surface area contributed by atoms with E-state index in [1.54, 1.807) is 6.08 Å². The SMILES string of the molecule is C=C/C=C(\C=C/C)c1noc(C)c1-c1ccc(C2Cc3cnc(NC)nc3-c3ccccc32)cc1. The molecule has 2 heterocycles. The molecule has 174 valence electrons. The Balaban J connectivity index is 1.54. The van der Waals surface area contributed by atoms with Crippen LogP contribution in [0, 0.1) is 6.92 Å². The molecule has 2 aromatic heterocycles. The average Bonchev–Trinajstić information content (AvgIpc) is 3.29. The van der Waals surface area contributed by atoms with Crippen LogP contribution in [0.5, 0.6) is 0 Å². The fraction of sp³-hybridized carbons (Fsp3) is 0.167. The Hall–Kier alpha value is -4.25. The number of fused-ring (bicyclic) bond motifs is 3. The first-order valence-corrected chi connectivity index (χ1v) is 11.8. The van der Waals surface area contributed by atoms with E-state index in [2.05, 4.69) is 70.6 Å². The van der Waals surface area contributed by atoms with E-state index >= 15 is 0 Å². The Labute approximate surface area is 205 Å². The van der Waals surface area contributed by atoms with Crippen LogP contribution in [0.25, 0.3) is 28.0 Å². The normalized spacial score (nSPS) is 15.1. The number of rotatable bonds is 6. The smallest absolute Gasteiger partial charge is 0.222 e. The van der Waals surface area contributed by atoms with E-state index in [1.807, 2.05) is 45.3 Å². The molecular weight excluding hydrogens is 432 g/mol. The third-order valence-electron chi connectivity index (χ3n) is 6.49. The van der Waals surface area contributed by atoms with E-state index < -0.39 is 0 Å². The van der Waals surface area contributed by atoms with Crippen LogP contribution in [0.15, 0.2) is 90.1 Å². The number of benzene rings is 2. The van der Waals surface area contributed by atoms with E-state index in [9.17, 15) is 0 Å². The van der Waals surface area contributed by atoms with Gasteiger partial charge in [-0.15, -0.1) is 0 Å². The highest BCUT2D eigenvalue weighted by Gasteiger charge is 2.27. The van der Waals surface area contributed by atoms with Crippen LogP contribution in [-0.2, 0) is 6.42 Å². The van der Waals surface area contributed by atoms with Gasteiger partial charge in [-0.1, -0.05) is 84.6 Å². The lowest BCUT2D eigenvalue weighted by Crippen LogP contribution is -2.15. The highest BCUT2D eigenvalue weighted by Crippen LogP contribution is 2.42. The van der Waals surface area contributed by atoms with Crippen molar-refractivity contribution in [2.45, 2.75) is 26.2 Å². The maximum Gasteiger partial charge on any atom is 0.222 e. The van der Waals surface area contributed by atoms with E-state index in [1.165, 1.54) is 22.3 Å². The molecular formula is C30H28N4O. The number of nitrogens with one attached hydrogen (secondary N) is 1. The first-order chi connectivity index (χ1) is 17.1. The van der Waals surface area contributed by atoms with Crippen molar-refractivity contribution in [2.24, 2.45) is 0 Å². The Morgan fingerprint density at radius 3 is 2.69 bits per heavy atom. The highest BCUT2D eigenvalue weighted by atomic mass is 16.5. The molecule has 0 radical (unpaired) electrons. The lowest BCUT2D eigenvalue weighted by Gasteiger charge is -2.27. The van der Waals surface area contributed by atoms with Crippen molar-refractivity contribution in [3.63, 3.8) is 0 Å². The fourth-order valence-corrected chi connectivity index (χ4v) is 4.86. The second kappa shape index (κ2) is 9.55. The minimum absolute atomic E-state index is 0.235. The summed E-state index contributed by atoms with van der Waals surface area (Å²) >= 11 is 0. The lowest BCUT2D eigenvalue weighted by atomic mass is 9.77. The summed E-state index contributed by atoms with van der Waals surface area (Å²) < 4.78 is 5.60. The van der Waals surface area contributed by atoms with Crippen molar-refractivity contribution < 1.29 is 4.52 Å². The molecule has 1 aliphatic rings. The van der Waals surface area contributed by atoms with Gasteiger partial charge in [-0.05, 0) is 42.5 Å². The van der Waals surface area contributed by atoms with Crippen molar-refractivity contribution in [3.05, 3.63) is 114 Å². The Bertz CT molecular complexity index is 1440. The molecule has 4 aromatic rings. The zero-order valence-electron chi connectivity index (χ0n) is 20.2. The Kier molecular flexibility index (Phi) is 6.15. The third-order valence-corrected chi connectivity index (χ3v) is 6.49. The van der Waals surface area contributed by atoms with Gasteiger partial charge in [-0.25, -0.2) is 9.97 Å². The van der Waals surface area contributed by atoms with Crippen LogP contribution in [0.4, 0.5) is 5.95 Å². The number of allylic oxidation sites excluding steroid dienone is 5. The first-order valence-electron chi connectivity index (χ1n) is 11.8. The zero-order valence-corrected chi connectivity index (χ0v) is 20.2. The van der Waals surface area contributed by atoms with Crippen LogP contribution in [0.1, 0.15) is 41.0 Å². The van der Waals surface area contributed by atoms with Crippen molar-refractivity contribution in [1.82, 2.24) is 15.1 Å². The summed E-state index contributed by atoms with van der Waals surface area (Å²) in [5.41, 5.74) is 9.78. The van der Waals surface area contributed by atoms with Gasteiger partial charge in [-0.2, -0.15) is 0 Å². The van der Waals surface area contributed by atoms with Crippen LogP contribution in [0.2, 0.25) is 0 Å². The number of hydrogen-bond donors (Lipinski definition) is 1. The standard InChI is InChI=1S/C30H28N4O/c1-5-9-22(10-6-2)29-27(19(3)35-34-29)21-15-13-20(14-16-21)26-17-23-18-32-30(31-4)33-28(23)25-12-8-7-11-24(25)26/h5-16,18,26H,1,17H2,2-4H3,(H,31,32,33)/b10-6-,22-9+. The van der Waals surface area contributed by atoms with Crippen LogP contribution >= 0.6 is 0 Å². The van der Waals surface area contributed by atoms with Crippen LogP contribution in [0.3, 0.4) is 0 Å². The zero-order chi connectivity index (χ0) is 24.4. The molecule has 2 aromatic carbocycles. The topological polar surface area (TPSA) is 63.8 Å². The summed E-state index contributed by atoms with van der Waals surface area (Å²) in [5.74, 6) is 1.67. The summed E-state index contributed by atoms with van der Waals surface area (Å²) in [7, 11) is 1.85. The molecule has 1 N–H and O–H groups in total. The van der Waals surface area contributed by atoms with Crippen molar-refractivity contribution >= 4 is 11.5 Å². The van der Waals surface area contributed by atoms with Crippen LogP contribution in [-0.4, -0.2) is 22.2 Å². The molecule has 0 spiro atoms. The number of anilines is 1. The molecule has 0 aliphatic heterocycles. The molecule has 5 rings (SSSR count). The molecule has 1 unspecified atom stereocenters. The van der Waals surface area contributed by atoms with Gasteiger partial charge in [-0.3, -0.25) is 0 Å². The second-order valence-corrected chi connectivity index (χ2v) is 8.60. The maximum absolute atomic E-state index is 5.60. The number of aromatic nitrogens is 3. The monoisotopic (exact) mass is 460 g/mol. The molecule has 0 fully saturated rings. The number of hydrogen-bond acceptors (Lipinski definition) is 5. The van der Waals surface area contributed by atoms with Gasteiger partial charge in [0.1, 0.15) is 11.5 Å². The minimum atomic E-state index is 0.235. The van der Waals surface area contributed by atoms with Gasteiger partial charge >= 0.3 is 0 Å². The molecule has 0 amide bonds. The molecule has 5 nitrogen and oxygen atoms in total. The molecule has 1 atom stereocenters. The van der Waals surface area contributed by atoms with E-state index in [0.717, 1.165) is 40.3 Å². The van der Waals surface area contributed by atoms with E-state index in [-0.39, 0.29) is 5.92 Å². The van der Waals surface area contributed by atoms with Crippen molar-refractivity contribution in [3.8, 4) is 22.4 Å². The van der Waals surface area contributed by atoms with Gasteiger partial charge in [0.25, 0.3) is 0 Å². The lowest BCUT2D eigenvalue weighted by molar-refractivity contribution is 0.396. The van der Waals surface area contributed by atoms with Crippen LogP contribution < -0.4 is 5.32 Å². The van der Waals surface area contributed by atoms with Gasteiger partial charge in [0, 0.05) is 30.3 Å². The second-order valence-electron chi connectivity index (χ2n) is 8.60. The quantitative estimate of drug-likeness (QED) is 0.314. The Morgan fingerprint density at radius 1 is 1.14 bits per heavy atom. The van der Waals surface area contributed by atoms with Crippen molar-refractivity contribution in [1.29, 1.82) is 0 Å². The van der Waals surface area contributed by atoms with E-state index in [0.29, 0.717) is 5.95 Å². The minimum Gasteiger partial charge on any atom is -0.360 e. The summed E-state index contributed by atoms with van der Waals surface area (Å²) in [5, 5.41) is 7.40. The summed E-state index contributed by atoms with van der Waals surface area (Å²) in [6.45, 7) is 7.79. The fourth-order valence-electron chi connectivity index (χ4n) is 4.86. The van der Waals surface area contributed by atoms with Gasteiger partial charge < -0.3 is 9.84 Å².